The molecule has 6 heteroatoms. The van der Waals surface area contributed by atoms with E-state index in [4.69, 9.17) is 9.84 Å². The molecule has 1 amide bonds. The number of aromatic amines is 1. The van der Waals surface area contributed by atoms with Crippen molar-refractivity contribution < 1.29 is 14.6 Å². The van der Waals surface area contributed by atoms with Gasteiger partial charge in [0.05, 0.1) is 26.2 Å². The molecule has 6 nitrogen and oxygen atoms in total. The molecule has 96 valence electrons. The van der Waals surface area contributed by atoms with E-state index in [1.165, 1.54) is 0 Å². The van der Waals surface area contributed by atoms with Gasteiger partial charge in [-0.15, -0.1) is 0 Å². The molecule has 0 aliphatic carbocycles. The Kier molecular flexibility index (Phi) is 6.27. The molecule has 1 aromatic heterocycles. The standard InChI is InChI=1S/C11H19N3O3/c1-2-17-8-3-11(16)14(6-7-15)9-10-12-4-5-13-10/h4-5,15H,2-3,6-9H2,1H3,(H,12,13). The van der Waals surface area contributed by atoms with Gasteiger partial charge in [0.15, 0.2) is 0 Å². The van der Waals surface area contributed by atoms with Crippen molar-refractivity contribution in [2.45, 2.75) is 19.9 Å². The molecule has 0 spiro atoms. The summed E-state index contributed by atoms with van der Waals surface area (Å²) in [6.07, 6.45) is 3.67. The van der Waals surface area contributed by atoms with Crippen LogP contribution in [0.2, 0.25) is 0 Å². The fraction of sp³-hybridized carbons (Fsp3) is 0.636. The average molecular weight is 241 g/mol. The zero-order valence-electron chi connectivity index (χ0n) is 10.1. The maximum absolute atomic E-state index is 11.8. The SMILES string of the molecule is CCOCCC(=O)N(CCO)Cc1ncc[nH]1. The lowest BCUT2D eigenvalue weighted by Crippen LogP contribution is -2.34. The molecular weight excluding hydrogens is 222 g/mol. The van der Waals surface area contributed by atoms with Crippen LogP contribution in [0.15, 0.2) is 12.4 Å². The van der Waals surface area contributed by atoms with Crippen LogP contribution in [-0.2, 0) is 16.1 Å². The first kappa shape index (κ1) is 13.7. The topological polar surface area (TPSA) is 78.4 Å². The van der Waals surface area contributed by atoms with Gasteiger partial charge in [-0.2, -0.15) is 0 Å². The second kappa shape index (κ2) is 7.81. The van der Waals surface area contributed by atoms with Crippen LogP contribution in [0, 0.1) is 0 Å². The lowest BCUT2D eigenvalue weighted by atomic mass is 10.3. The van der Waals surface area contributed by atoms with E-state index in [-0.39, 0.29) is 12.5 Å². The molecule has 0 unspecified atom stereocenters. The number of hydrogen-bond acceptors (Lipinski definition) is 4. The molecule has 0 saturated heterocycles. The van der Waals surface area contributed by atoms with Crippen molar-refractivity contribution in [2.75, 3.05) is 26.4 Å². The van der Waals surface area contributed by atoms with Crippen LogP contribution in [-0.4, -0.2) is 52.2 Å². The van der Waals surface area contributed by atoms with Crippen molar-refractivity contribution in [3.05, 3.63) is 18.2 Å². The van der Waals surface area contributed by atoms with Crippen LogP contribution in [0.4, 0.5) is 0 Å². The Balaban J connectivity index is 2.43. The molecule has 17 heavy (non-hydrogen) atoms. The average Bonchev–Trinajstić information content (AvgIpc) is 2.81. The summed E-state index contributed by atoms with van der Waals surface area (Å²) in [4.78, 5) is 20.4. The minimum atomic E-state index is -0.0545. The van der Waals surface area contributed by atoms with Gasteiger partial charge in [0.25, 0.3) is 0 Å². The highest BCUT2D eigenvalue weighted by Crippen LogP contribution is 2.01. The zero-order chi connectivity index (χ0) is 12.5. The first-order valence-electron chi connectivity index (χ1n) is 5.72. The highest BCUT2D eigenvalue weighted by atomic mass is 16.5. The Morgan fingerprint density at radius 3 is 3.06 bits per heavy atom. The summed E-state index contributed by atoms with van der Waals surface area (Å²) in [6.45, 7) is 3.55. The largest absolute Gasteiger partial charge is 0.395 e. The summed E-state index contributed by atoms with van der Waals surface area (Å²) >= 11 is 0. The molecule has 0 aliphatic rings. The van der Waals surface area contributed by atoms with Crippen LogP contribution in [0.1, 0.15) is 19.2 Å². The molecule has 1 heterocycles. The van der Waals surface area contributed by atoms with Gasteiger partial charge in [-0.1, -0.05) is 0 Å². The van der Waals surface area contributed by atoms with E-state index in [0.717, 1.165) is 0 Å². The number of aliphatic hydroxyl groups is 1. The van der Waals surface area contributed by atoms with E-state index < -0.39 is 0 Å². The predicted octanol–water partition coefficient (Wildman–Crippen LogP) is 0.157. The Hall–Kier alpha value is -1.40. The molecule has 0 radical (unpaired) electrons. The number of aliphatic hydroxyl groups excluding tert-OH is 1. The summed E-state index contributed by atoms with van der Waals surface area (Å²) in [5.41, 5.74) is 0. The molecule has 1 rings (SSSR count). The zero-order valence-corrected chi connectivity index (χ0v) is 10.1. The second-order valence-electron chi connectivity index (χ2n) is 3.52. The number of ether oxygens (including phenoxy) is 1. The maximum Gasteiger partial charge on any atom is 0.225 e. The minimum absolute atomic E-state index is 0.0381. The third kappa shape index (κ3) is 4.97. The molecule has 0 fully saturated rings. The number of nitrogens with zero attached hydrogens (tertiary/aromatic N) is 2. The van der Waals surface area contributed by atoms with Crippen LogP contribution in [0.5, 0.6) is 0 Å². The van der Waals surface area contributed by atoms with Crippen molar-refractivity contribution in [3.63, 3.8) is 0 Å². The third-order valence-electron chi connectivity index (χ3n) is 2.28. The summed E-state index contributed by atoms with van der Waals surface area (Å²) in [5, 5.41) is 8.93. The first-order chi connectivity index (χ1) is 8.27. The molecule has 0 atom stereocenters. The van der Waals surface area contributed by atoms with Gasteiger partial charge in [-0.3, -0.25) is 4.79 Å². The van der Waals surface area contributed by atoms with E-state index in [9.17, 15) is 4.79 Å². The maximum atomic E-state index is 11.8. The van der Waals surface area contributed by atoms with Crippen LogP contribution in [0.25, 0.3) is 0 Å². The minimum Gasteiger partial charge on any atom is -0.395 e. The number of rotatable bonds is 8. The van der Waals surface area contributed by atoms with Crippen LogP contribution in [0.3, 0.4) is 0 Å². The number of aromatic nitrogens is 2. The van der Waals surface area contributed by atoms with Crippen molar-refractivity contribution >= 4 is 5.91 Å². The predicted molar refractivity (Wildman–Crippen MR) is 62.2 cm³/mol. The lowest BCUT2D eigenvalue weighted by Gasteiger charge is -2.20. The molecule has 0 bridgehead atoms. The van der Waals surface area contributed by atoms with Gasteiger partial charge < -0.3 is 19.7 Å². The molecule has 1 aromatic rings. The highest BCUT2D eigenvalue weighted by Gasteiger charge is 2.14. The normalized spacial score (nSPS) is 10.5. The number of imidazole rings is 1. The smallest absolute Gasteiger partial charge is 0.225 e. The first-order valence-corrected chi connectivity index (χ1v) is 5.72. The van der Waals surface area contributed by atoms with Gasteiger partial charge in [0.2, 0.25) is 5.91 Å². The molecule has 2 N–H and O–H groups in total. The Labute approximate surface area is 101 Å². The third-order valence-corrected chi connectivity index (χ3v) is 2.28. The molecule has 0 aliphatic heterocycles. The van der Waals surface area contributed by atoms with Crippen molar-refractivity contribution in [1.82, 2.24) is 14.9 Å². The molecule has 0 saturated carbocycles. The van der Waals surface area contributed by atoms with Gasteiger partial charge in [-0.25, -0.2) is 4.98 Å². The Morgan fingerprint density at radius 1 is 1.65 bits per heavy atom. The van der Waals surface area contributed by atoms with Crippen molar-refractivity contribution in [3.8, 4) is 0 Å². The van der Waals surface area contributed by atoms with E-state index in [1.807, 2.05) is 6.92 Å². The fourth-order valence-corrected chi connectivity index (χ4v) is 1.44. The number of hydrogen-bond donors (Lipinski definition) is 2. The molecule has 0 aromatic carbocycles. The summed E-state index contributed by atoms with van der Waals surface area (Å²) < 4.78 is 5.13. The van der Waals surface area contributed by atoms with Crippen LogP contribution < -0.4 is 0 Å². The van der Waals surface area contributed by atoms with E-state index in [0.29, 0.717) is 38.5 Å². The quantitative estimate of drug-likeness (QED) is 0.635. The van der Waals surface area contributed by atoms with Gasteiger partial charge in [-0.05, 0) is 6.92 Å². The summed E-state index contributed by atoms with van der Waals surface area (Å²) in [5.74, 6) is 0.673. The number of carbonyl (C=O) groups excluding carboxylic acids is 1. The van der Waals surface area contributed by atoms with E-state index >= 15 is 0 Å². The van der Waals surface area contributed by atoms with E-state index in [2.05, 4.69) is 9.97 Å². The van der Waals surface area contributed by atoms with Crippen molar-refractivity contribution in [1.29, 1.82) is 0 Å². The number of amides is 1. The fourth-order valence-electron chi connectivity index (χ4n) is 1.44. The number of carbonyl (C=O) groups is 1. The van der Waals surface area contributed by atoms with Crippen LogP contribution >= 0.6 is 0 Å². The number of nitrogens with one attached hydrogen (secondary N) is 1. The van der Waals surface area contributed by atoms with Crippen molar-refractivity contribution in [2.24, 2.45) is 0 Å². The lowest BCUT2D eigenvalue weighted by molar-refractivity contribution is -0.133. The second-order valence-corrected chi connectivity index (χ2v) is 3.52. The van der Waals surface area contributed by atoms with E-state index in [1.54, 1.807) is 17.3 Å². The highest BCUT2D eigenvalue weighted by molar-refractivity contribution is 5.76. The van der Waals surface area contributed by atoms with Gasteiger partial charge >= 0.3 is 0 Å². The summed E-state index contributed by atoms with van der Waals surface area (Å²) in [7, 11) is 0. The number of H-pyrrole nitrogens is 1. The van der Waals surface area contributed by atoms with Gasteiger partial charge in [0.1, 0.15) is 5.82 Å². The Bertz CT molecular complexity index is 314. The van der Waals surface area contributed by atoms with Gasteiger partial charge in [0, 0.05) is 25.5 Å². The monoisotopic (exact) mass is 241 g/mol. The molecular formula is C11H19N3O3. The Morgan fingerprint density at radius 2 is 2.47 bits per heavy atom. The summed E-state index contributed by atoms with van der Waals surface area (Å²) in [6, 6.07) is 0.